The summed E-state index contributed by atoms with van der Waals surface area (Å²) in [7, 11) is -1.72. The van der Waals surface area contributed by atoms with Gasteiger partial charge in [-0.15, -0.1) is 0 Å². The van der Waals surface area contributed by atoms with Gasteiger partial charge in [-0.1, -0.05) is 11.6 Å². The molecule has 2 N–H and O–H groups in total. The maximum atomic E-state index is 11.8. The normalized spacial score (nSPS) is 11.7. The van der Waals surface area contributed by atoms with Gasteiger partial charge in [0.25, 0.3) is 0 Å². The first-order chi connectivity index (χ1) is 7.47. The van der Waals surface area contributed by atoms with Gasteiger partial charge in [0, 0.05) is 22.6 Å². The van der Waals surface area contributed by atoms with Crippen LogP contribution in [0.1, 0.15) is 0 Å². The van der Waals surface area contributed by atoms with Crippen LogP contribution in [0.2, 0.25) is 5.02 Å². The zero-order valence-corrected chi connectivity index (χ0v) is 11.8. The maximum absolute atomic E-state index is 11.8. The Labute approximate surface area is 109 Å². The highest BCUT2D eigenvalue weighted by Crippen LogP contribution is 2.25. The predicted molar refractivity (Wildman–Crippen MR) is 68.3 cm³/mol. The molecule has 0 spiro atoms. The lowest BCUT2D eigenvalue weighted by molar-refractivity contribution is 0.579. The van der Waals surface area contributed by atoms with Crippen molar-refractivity contribution in [2.75, 3.05) is 20.1 Å². The van der Waals surface area contributed by atoms with Gasteiger partial charge >= 0.3 is 0 Å². The molecule has 0 bridgehead atoms. The molecule has 0 amide bonds. The van der Waals surface area contributed by atoms with Gasteiger partial charge in [-0.3, -0.25) is 0 Å². The van der Waals surface area contributed by atoms with Gasteiger partial charge in [0.15, 0.2) is 0 Å². The highest BCUT2D eigenvalue weighted by atomic mass is 79.9. The third kappa shape index (κ3) is 3.71. The van der Waals surface area contributed by atoms with Crippen molar-refractivity contribution in [1.29, 1.82) is 0 Å². The summed E-state index contributed by atoms with van der Waals surface area (Å²) in [5.41, 5.74) is 0. The lowest BCUT2D eigenvalue weighted by Crippen LogP contribution is -2.30. The summed E-state index contributed by atoms with van der Waals surface area (Å²) < 4.78 is 26.6. The molecule has 0 aliphatic carbocycles. The van der Waals surface area contributed by atoms with E-state index in [2.05, 4.69) is 26.0 Å². The van der Waals surface area contributed by atoms with E-state index < -0.39 is 10.0 Å². The molecule has 0 atom stereocenters. The van der Waals surface area contributed by atoms with Crippen molar-refractivity contribution >= 4 is 37.6 Å². The fraction of sp³-hybridized carbons (Fsp3) is 0.333. The fourth-order valence-electron chi connectivity index (χ4n) is 1.08. The number of sulfonamides is 1. The van der Waals surface area contributed by atoms with E-state index in [1.165, 1.54) is 6.07 Å². The zero-order valence-electron chi connectivity index (χ0n) is 8.63. The molecular formula is C9H12BrClN2O2S. The Morgan fingerprint density at radius 1 is 1.38 bits per heavy atom. The molecule has 4 nitrogen and oxygen atoms in total. The van der Waals surface area contributed by atoms with Crippen molar-refractivity contribution in [3.8, 4) is 0 Å². The first-order valence-electron chi connectivity index (χ1n) is 4.56. The Morgan fingerprint density at radius 3 is 2.62 bits per heavy atom. The molecule has 0 saturated heterocycles. The van der Waals surface area contributed by atoms with E-state index in [9.17, 15) is 8.42 Å². The first-order valence-corrected chi connectivity index (χ1v) is 7.22. The number of likely N-dealkylation sites (N-methyl/N-ethyl adjacent to an activating group) is 1. The van der Waals surface area contributed by atoms with Crippen LogP contribution in [0.5, 0.6) is 0 Å². The maximum Gasteiger partial charge on any atom is 0.241 e. The van der Waals surface area contributed by atoms with Crippen molar-refractivity contribution in [1.82, 2.24) is 10.0 Å². The Kier molecular flexibility index (Phi) is 5.20. The van der Waals surface area contributed by atoms with E-state index in [0.717, 1.165) is 0 Å². The fourth-order valence-corrected chi connectivity index (χ4v) is 3.49. The van der Waals surface area contributed by atoms with Gasteiger partial charge in [-0.2, -0.15) is 0 Å². The van der Waals surface area contributed by atoms with Crippen molar-refractivity contribution in [3.05, 3.63) is 27.7 Å². The molecule has 7 heteroatoms. The van der Waals surface area contributed by atoms with Crippen LogP contribution >= 0.6 is 27.5 Å². The number of benzene rings is 1. The Morgan fingerprint density at radius 2 is 2.06 bits per heavy atom. The molecule has 0 aromatic heterocycles. The summed E-state index contributed by atoms with van der Waals surface area (Å²) in [5.74, 6) is 0. The molecule has 90 valence electrons. The lowest BCUT2D eigenvalue weighted by atomic mass is 10.4. The van der Waals surface area contributed by atoms with E-state index >= 15 is 0 Å². The minimum Gasteiger partial charge on any atom is -0.318 e. The zero-order chi connectivity index (χ0) is 12.2. The summed E-state index contributed by atoms with van der Waals surface area (Å²) in [4.78, 5) is 0.188. The molecule has 1 aromatic carbocycles. The first kappa shape index (κ1) is 13.9. The molecule has 0 aliphatic heterocycles. The molecule has 1 rings (SSSR count). The second-order valence-electron chi connectivity index (χ2n) is 3.08. The van der Waals surface area contributed by atoms with Crippen LogP contribution in [-0.4, -0.2) is 28.6 Å². The monoisotopic (exact) mass is 326 g/mol. The summed E-state index contributed by atoms with van der Waals surface area (Å²) in [6.45, 7) is 0.915. The quantitative estimate of drug-likeness (QED) is 0.808. The number of nitrogens with one attached hydrogen (secondary N) is 2. The van der Waals surface area contributed by atoms with Crippen LogP contribution in [0, 0.1) is 0 Å². The van der Waals surface area contributed by atoms with E-state index in [1.807, 2.05) is 0 Å². The lowest BCUT2D eigenvalue weighted by Gasteiger charge is -2.08. The van der Waals surface area contributed by atoms with Gasteiger partial charge in [0.2, 0.25) is 10.0 Å². The van der Waals surface area contributed by atoms with E-state index in [-0.39, 0.29) is 4.90 Å². The summed E-state index contributed by atoms with van der Waals surface area (Å²) in [6.07, 6.45) is 0. The minimum absolute atomic E-state index is 0.188. The van der Waals surface area contributed by atoms with Crippen LogP contribution in [-0.2, 0) is 10.0 Å². The Hall–Kier alpha value is -0.140. The van der Waals surface area contributed by atoms with E-state index in [4.69, 9.17) is 11.6 Å². The average Bonchev–Trinajstić information content (AvgIpc) is 2.17. The van der Waals surface area contributed by atoms with Crippen LogP contribution in [0.15, 0.2) is 27.6 Å². The Bertz CT molecular complexity index is 465. The minimum atomic E-state index is -3.48. The van der Waals surface area contributed by atoms with Crippen molar-refractivity contribution in [3.63, 3.8) is 0 Å². The molecule has 0 radical (unpaired) electrons. The van der Waals surface area contributed by atoms with Crippen LogP contribution in [0.4, 0.5) is 0 Å². The van der Waals surface area contributed by atoms with Crippen molar-refractivity contribution in [2.45, 2.75) is 4.90 Å². The SMILES string of the molecule is CNCCNS(=O)(=O)c1ccc(Cl)cc1Br. The molecule has 0 unspecified atom stereocenters. The van der Waals surface area contributed by atoms with Gasteiger partial charge in [0.1, 0.15) is 0 Å². The van der Waals surface area contributed by atoms with Gasteiger partial charge in [-0.25, -0.2) is 13.1 Å². The standard InChI is InChI=1S/C9H12BrClN2O2S/c1-12-4-5-13-16(14,15)9-3-2-7(11)6-8(9)10/h2-3,6,12-13H,4-5H2,1H3. The molecule has 0 heterocycles. The van der Waals surface area contributed by atoms with E-state index in [0.29, 0.717) is 22.6 Å². The van der Waals surface area contributed by atoms with Gasteiger partial charge < -0.3 is 5.32 Å². The number of hydrogen-bond acceptors (Lipinski definition) is 3. The van der Waals surface area contributed by atoms with Crippen LogP contribution < -0.4 is 10.0 Å². The highest BCUT2D eigenvalue weighted by molar-refractivity contribution is 9.10. The molecule has 0 saturated carbocycles. The highest BCUT2D eigenvalue weighted by Gasteiger charge is 2.16. The van der Waals surface area contributed by atoms with Gasteiger partial charge in [-0.05, 0) is 41.2 Å². The topological polar surface area (TPSA) is 58.2 Å². The number of halogens is 2. The molecular weight excluding hydrogens is 316 g/mol. The summed E-state index contributed by atoms with van der Waals surface area (Å²) in [6, 6.07) is 4.56. The van der Waals surface area contributed by atoms with Crippen LogP contribution in [0.3, 0.4) is 0 Å². The summed E-state index contributed by atoms with van der Waals surface area (Å²) >= 11 is 8.91. The summed E-state index contributed by atoms with van der Waals surface area (Å²) in [5, 5.41) is 3.34. The molecule has 1 aromatic rings. The second-order valence-corrected chi connectivity index (χ2v) is 6.10. The molecule has 16 heavy (non-hydrogen) atoms. The molecule has 0 fully saturated rings. The average molecular weight is 328 g/mol. The van der Waals surface area contributed by atoms with E-state index in [1.54, 1.807) is 19.2 Å². The number of hydrogen-bond donors (Lipinski definition) is 2. The third-order valence-corrected chi connectivity index (χ3v) is 4.52. The Balaban J connectivity index is 2.90. The number of rotatable bonds is 5. The third-order valence-electron chi connectivity index (χ3n) is 1.85. The second kappa shape index (κ2) is 5.97. The van der Waals surface area contributed by atoms with Gasteiger partial charge in [0.05, 0.1) is 4.90 Å². The molecule has 0 aliphatic rings. The predicted octanol–water partition coefficient (Wildman–Crippen LogP) is 1.60. The van der Waals surface area contributed by atoms with Crippen LogP contribution in [0.25, 0.3) is 0 Å². The smallest absolute Gasteiger partial charge is 0.241 e. The van der Waals surface area contributed by atoms with Crippen molar-refractivity contribution in [2.24, 2.45) is 0 Å². The largest absolute Gasteiger partial charge is 0.318 e. The van der Waals surface area contributed by atoms with Crippen molar-refractivity contribution < 1.29 is 8.42 Å².